The standard InChI is InChI=1S/C13H18N2O2S/c1-14-9-2-3-10(14)8-15(7-6-9)12-5-4-11(18-12)13(16)17/h4-5,9-10H,2-3,6-8H2,1H3,(H,16,17). The highest BCUT2D eigenvalue weighted by atomic mass is 32.1. The fourth-order valence-corrected chi connectivity index (χ4v) is 4.00. The lowest BCUT2D eigenvalue weighted by Crippen LogP contribution is -2.36. The van der Waals surface area contributed by atoms with Gasteiger partial charge in [0.2, 0.25) is 0 Å². The molecule has 1 aromatic heterocycles. The van der Waals surface area contributed by atoms with E-state index in [0.717, 1.165) is 24.1 Å². The van der Waals surface area contributed by atoms with Crippen LogP contribution in [0.1, 0.15) is 28.9 Å². The summed E-state index contributed by atoms with van der Waals surface area (Å²) in [6.07, 6.45) is 3.78. The third kappa shape index (κ3) is 2.01. The molecule has 0 amide bonds. The highest BCUT2D eigenvalue weighted by molar-refractivity contribution is 7.17. The molecule has 5 heteroatoms. The van der Waals surface area contributed by atoms with E-state index in [1.807, 2.05) is 6.07 Å². The molecule has 0 spiro atoms. The predicted molar refractivity (Wildman–Crippen MR) is 72.7 cm³/mol. The minimum atomic E-state index is -0.820. The molecule has 2 fully saturated rings. The maximum absolute atomic E-state index is 10.9. The first-order valence-electron chi connectivity index (χ1n) is 6.45. The number of rotatable bonds is 2. The molecular formula is C13H18N2O2S. The van der Waals surface area contributed by atoms with E-state index < -0.39 is 5.97 Å². The summed E-state index contributed by atoms with van der Waals surface area (Å²) in [7, 11) is 2.23. The topological polar surface area (TPSA) is 43.8 Å². The molecule has 2 atom stereocenters. The maximum atomic E-state index is 10.9. The van der Waals surface area contributed by atoms with Crippen molar-refractivity contribution in [3.05, 3.63) is 17.0 Å². The van der Waals surface area contributed by atoms with E-state index in [-0.39, 0.29) is 0 Å². The van der Waals surface area contributed by atoms with Gasteiger partial charge in [-0.05, 0) is 38.4 Å². The van der Waals surface area contributed by atoms with Gasteiger partial charge in [-0.15, -0.1) is 11.3 Å². The van der Waals surface area contributed by atoms with E-state index in [9.17, 15) is 4.79 Å². The quantitative estimate of drug-likeness (QED) is 0.890. The molecule has 1 aromatic rings. The first-order chi connectivity index (χ1) is 8.65. The number of carboxylic acids is 1. The van der Waals surface area contributed by atoms with E-state index in [0.29, 0.717) is 10.9 Å². The molecule has 3 rings (SSSR count). The van der Waals surface area contributed by atoms with Gasteiger partial charge in [0, 0.05) is 25.2 Å². The van der Waals surface area contributed by atoms with Gasteiger partial charge in [0.1, 0.15) is 4.88 Å². The van der Waals surface area contributed by atoms with Gasteiger partial charge in [0.15, 0.2) is 0 Å². The Balaban J connectivity index is 1.78. The molecule has 0 aromatic carbocycles. The second-order valence-electron chi connectivity index (χ2n) is 5.23. The molecule has 2 bridgehead atoms. The lowest BCUT2D eigenvalue weighted by Gasteiger charge is -2.26. The lowest BCUT2D eigenvalue weighted by molar-refractivity contribution is 0.0702. The van der Waals surface area contributed by atoms with Crippen LogP contribution in [-0.4, -0.2) is 48.2 Å². The smallest absolute Gasteiger partial charge is 0.345 e. The van der Waals surface area contributed by atoms with E-state index in [1.165, 1.54) is 30.6 Å². The second-order valence-corrected chi connectivity index (χ2v) is 6.29. The minimum absolute atomic E-state index is 0.438. The summed E-state index contributed by atoms with van der Waals surface area (Å²) in [5.74, 6) is -0.820. The van der Waals surface area contributed by atoms with Gasteiger partial charge in [0.05, 0.1) is 5.00 Å². The number of aromatic carboxylic acids is 1. The van der Waals surface area contributed by atoms with Crippen molar-refractivity contribution in [1.29, 1.82) is 0 Å². The summed E-state index contributed by atoms with van der Waals surface area (Å²) in [5.41, 5.74) is 0. The number of hydrogen-bond acceptors (Lipinski definition) is 4. The Morgan fingerprint density at radius 2 is 2.11 bits per heavy atom. The van der Waals surface area contributed by atoms with Crippen LogP contribution >= 0.6 is 11.3 Å². The third-order valence-electron chi connectivity index (χ3n) is 4.26. The van der Waals surface area contributed by atoms with Gasteiger partial charge in [-0.1, -0.05) is 0 Å². The fraction of sp³-hybridized carbons (Fsp3) is 0.615. The van der Waals surface area contributed by atoms with E-state index in [1.54, 1.807) is 6.07 Å². The monoisotopic (exact) mass is 266 g/mol. The Labute approximate surface area is 111 Å². The van der Waals surface area contributed by atoms with Crippen molar-refractivity contribution in [3.8, 4) is 0 Å². The maximum Gasteiger partial charge on any atom is 0.345 e. The number of thiophene rings is 1. The van der Waals surface area contributed by atoms with Gasteiger partial charge < -0.3 is 10.0 Å². The van der Waals surface area contributed by atoms with Crippen LogP contribution in [-0.2, 0) is 0 Å². The Hall–Kier alpha value is -1.07. The van der Waals surface area contributed by atoms with Gasteiger partial charge in [-0.25, -0.2) is 4.79 Å². The van der Waals surface area contributed by atoms with Gasteiger partial charge in [0.25, 0.3) is 0 Å². The number of hydrogen-bond donors (Lipinski definition) is 1. The molecule has 1 N–H and O–H groups in total. The molecular weight excluding hydrogens is 248 g/mol. The Morgan fingerprint density at radius 3 is 2.83 bits per heavy atom. The molecule has 2 aliphatic rings. The molecule has 2 saturated heterocycles. The number of anilines is 1. The largest absolute Gasteiger partial charge is 0.477 e. The van der Waals surface area contributed by atoms with E-state index in [2.05, 4.69) is 16.8 Å². The van der Waals surface area contributed by atoms with Crippen LogP contribution in [0.15, 0.2) is 12.1 Å². The van der Waals surface area contributed by atoms with Crippen LogP contribution in [0.4, 0.5) is 5.00 Å². The molecule has 0 radical (unpaired) electrons. The molecule has 0 aliphatic carbocycles. The SMILES string of the molecule is CN1C2CCC1CN(c1ccc(C(=O)O)s1)CC2. The zero-order chi connectivity index (χ0) is 12.7. The average Bonchev–Trinajstić information content (AvgIpc) is 2.86. The van der Waals surface area contributed by atoms with Crippen LogP contribution < -0.4 is 4.90 Å². The van der Waals surface area contributed by atoms with Crippen molar-refractivity contribution in [2.45, 2.75) is 31.3 Å². The zero-order valence-corrected chi connectivity index (χ0v) is 11.3. The molecule has 3 heterocycles. The van der Waals surface area contributed by atoms with Gasteiger partial charge in [-0.3, -0.25) is 4.90 Å². The first-order valence-corrected chi connectivity index (χ1v) is 7.27. The second kappa shape index (κ2) is 4.55. The Morgan fingerprint density at radius 1 is 1.33 bits per heavy atom. The number of likely N-dealkylation sites (N-methyl/N-ethyl adjacent to an activating group) is 1. The van der Waals surface area contributed by atoms with Gasteiger partial charge in [-0.2, -0.15) is 0 Å². The first kappa shape index (κ1) is 12.0. The molecule has 0 saturated carbocycles. The van der Waals surface area contributed by atoms with E-state index in [4.69, 9.17) is 5.11 Å². The third-order valence-corrected chi connectivity index (χ3v) is 5.40. The van der Waals surface area contributed by atoms with Crippen molar-refractivity contribution in [2.75, 3.05) is 25.0 Å². The number of carboxylic acid groups (broad SMARTS) is 1. The highest BCUT2D eigenvalue weighted by Crippen LogP contribution is 2.33. The molecule has 2 unspecified atom stereocenters. The minimum Gasteiger partial charge on any atom is -0.477 e. The van der Waals surface area contributed by atoms with Gasteiger partial charge >= 0.3 is 5.97 Å². The fourth-order valence-electron chi connectivity index (χ4n) is 3.12. The van der Waals surface area contributed by atoms with Crippen molar-refractivity contribution >= 4 is 22.3 Å². The number of nitrogens with zero attached hydrogens (tertiary/aromatic N) is 2. The van der Waals surface area contributed by atoms with Crippen molar-refractivity contribution in [3.63, 3.8) is 0 Å². The molecule has 4 nitrogen and oxygen atoms in total. The van der Waals surface area contributed by atoms with Crippen LogP contribution in [0, 0.1) is 0 Å². The summed E-state index contributed by atoms with van der Waals surface area (Å²) in [6.45, 7) is 2.08. The Bertz CT molecular complexity index is 460. The zero-order valence-electron chi connectivity index (χ0n) is 10.5. The van der Waals surface area contributed by atoms with Crippen LogP contribution in [0.5, 0.6) is 0 Å². The van der Waals surface area contributed by atoms with Crippen molar-refractivity contribution in [1.82, 2.24) is 4.90 Å². The predicted octanol–water partition coefficient (Wildman–Crippen LogP) is 2.12. The van der Waals surface area contributed by atoms with Crippen LogP contribution in [0.25, 0.3) is 0 Å². The van der Waals surface area contributed by atoms with Crippen LogP contribution in [0.3, 0.4) is 0 Å². The summed E-state index contributed by atoms with van der Waals surface area (Å²) in [5, 5.41) is 10.1. The normalized spacial score (nSPS) is 28.4. The van der Waals surface area contributed by atoms with Crippen molar-refractivity contribution < 1.29 is 9.90 Å². The molecule has 18 heavy (non-hydrogen) atoms. The number of fused-ring (bicyclic) bond motifs is 2. The Kier molecular flexibility index (Phi) is 3.03. The van der Waals surface area contributed by atoms with Crippen LogP contribution in [0.2, 0.25) is 0 Å². The summed E-state index contributed by atoms with van der Waals surface area (Å²) >= 11 is 1.39. The summed E-state index contributed by atoms with van der Waals surface area (Å²) in [6, 6.07) is 5.02. The summed E-state index contributed by atoms with van der Waals surface area (Å²) < 4.78 is 0. The number of carbonyl (C=O) groups is 1. The molecule has 98 valence electrons. The highest BCUT2D eigenvalue weighted by Gasteiger charge is 2.34. The lowest BCUT2D eigenvalue weighted by atomic mass is 10.1. The molecule has 2 aliphatic heterocycles. The van der Waals surface area contributed by atoms with Crippen molar-refractivity contribution in [2.24, 2.45) is 0 Å². The average molecular weight is 266 g/mol. The summed E-state index contributed by atoms with van der Waals surface area (Å²) in [4.78, 5) is 16.2. The van der Waals surface area contributed by atoms with E-state index >= 15 is 0 Å².